The highest BCUT2D eigenvalue weighted by Gasteiger charge is 2.10. The number of aromatic nitrogens is 2. The number of ether oxygens (including phenoxy) is 1. The second kappa shape index (κ2) is 9.50. The number of aliphatic hydroxyl groups excluding tert-OH is 1. The van der Waals surface area contributed by atoms with Gasteiger partial charge in [0.2, 0.25) is 0 Å². The predicted molar refractivity (Wildman–Crippen MR) is 81.2 cm³/mol. The number of nitrogens with zero attached hydrogens (tertiary/aromatic N) is 2. The lowest BCUT2D eigenvalue weighted by molar-refractivity contribution is 0.170. The summed E-state index contributed by atoms with van der Waals surface area (Å²) in [6, 6.07) is 1.94. The number of aliphatic hydroxyl groups is 1. The molecule has 1 heterocycles. The third-order valence-corrected chi connectivity index (χ3v) is 2.80. The van der Waals surface area contributed by atoms with Gasteiger partial charge >= 0.3 is 0 Å². The predicted octanol–water partition coefficient (Wildman–Crippen LogP) is 1.67. The van der Waals surface area contributed by atoms with E-state index in [2.05, 4.69) is 27.5 Å². The summed E-state index contributed by atoms with van der Waals surface area (Å²) < 4.78 is 5.15. The normalized spacial score (nSPS) is 12.2. The molecule has 1 rings (SSSR count). The van der Waals surface area contributed by atoms with Crippen molar-refractivity contribution in [1.82, 2.24) is 9.97 Å². The topological polar surface area (TPSA) is 79.3 Å². The van der Waals surface area contributed by atoms with E-state index in [9.17, 15) is 0 Å². The highest BCUT2D eigenvalue weighted by Crippen LogP contribution is 2.14. The lowest BCUT2D eigenvalue weighted by atomic mass is 10.2. The first-order chi connectivity index (χ1) is 9.73. The van der Waals surface area contributed by atoms with Crippen molar-refractivity contribution in [3.63, 3.8) is 0 Å². The monoisotopic (exact) mass is 282 g/mol. The van der Waals surface area contributed by atoms with Crippen molar-refractivity contribution in [2.24, 2.45) is 0 Å². The standard InChI is InChI=1S/C14H26N4O2/c1-4-6-12-17-13(15-5-2)9-14(18-12)16-11(7-8-19)10-20-3/h9,11,19H,4-8,10H2,1-3H3,(H2,15,16,17,18). The molecule has 3 N–H and O–H groups in total. The van der Waals surface area contributed by atoms with Crippen LogP contribution < -0.4 is 10.6 Å². The lowest BCUT2D eigenvalue weighted by Gasteiger charge is -2.18. The van der Waals surface area contributed by atoms with E-state index >= 15 is 0 Å². The first kappa shape index (κ1) is 16.7. The first-order valence-electron chi connectivity index (χ1n) is 7.21. The van der Waals surface area contributed by atoms with Gasteiger partial charge in [-0.25, -0.2) is 9.97 Å². The number of aryl methyl sites for hydroxylation is 1. The van der Waals surface area contributed by atoms with E-state index in [0.717, 1.165) is 36.8 Å². The Morgan fingerprint density at radius 1 is 1.30 bits per heavy atom. The molecule has 1 unspecified atom stereocenters. The zero-order valence-corrected chi connectivity index (χ0v) is 12.6. The van der Waals surface area contributed by atoms with Crippen LogP contribution in [0.3, 0.4) is 0 Å². The Labute approximate surface area is 121 Å². The van der Waals surface area contributed by atoms with Crippen LogP contribution in [0, 0.1) is 0 Å². The van der Waals surface area contributed by atoms with Crippen LogP contribution in [-0.4, -0.2) is 48.0 Å². The summed E-state index contributed by atoms with van der Waals surface area (Å²) in [7, 11) is 1.65. The largest absolute Gasteiger partial charge is 0.396 e. The maximum atomic E-state index is 9.08. The Balaban J connectivity index is 2.84. The minimum atomic E-state index is 0.0452. The Morgan fingerprint density at radius 3 is 2.65 bits per heavy atom. The second-order valence-electron chi connectivity index (χ2n) is 4.64. The third-order valence-electron chi connectivity index (χ3n) is 2.80. The van der Waals surface area contributed by atoms with E-state index in [0.29, 0.717) is 13.0 Å². The van der Waals surface area contributed by atoms with Gasteiger partial charge in [-0.3, -0.25) is 0 Å². The number of nitrogens with one attached hydrogen (secondary N) is 2. The van der Waals surface area contributed by atoms with Crippen LogP contribution in [-0.2, 0) is 11.2 Å². The van der Waals surface area contributed by atoms with E-state index < -0.39 is 0 Å². The zero-order valence-electron chi connectivity index (χ0n) is 12.6. The zero-order chi connectivity index (χ0) is 14.8. The molecule has 20 heavy (non-hydrogen) atoms. The molecule has 0 fully saturated rings. The van der Waals surface area contributed by atoms with Crippen molar-refractivity contribution >= 4 is 11.6 Å². The molecule has 0 aromatic carbocycles. The lowest BCUT2D eigenvalue weighted by Crippen LogP contribution is -2.27. The molecular formula is C14H26N4O2. The van der Waals surface area contributed by atoms with Crippen LogP contribution in [0.1, 0.15) is 32.5 Å². The summed E-state index contributed by atoms with van der Waals surface area (Å²) in [6.45, 7) is 5.61. The molecule has 0 saturated heterocycles. The molecule has 0 spiro atoms. The summed E-state index contributed by atoms with van der Waals surface area (Å²) in [6.07, 6.45) is 2.48. The number of hydrogen-bond acceptors (Lipinski definition) is 6. The summed E-state index contributed by atoms with van der Waals surface area (Å²) in [5.74, 6) is 2.43. The molecule has 0 radical (unpaired) electrons. The fourth-order valence-electron chi connectivity index (χ4n) is 1.94. The van der Waals surface area contributed by atoms with Crippen LogP contribution in [0.25, 0.3) is 0 Å². The van der Waals surface area contributed by atoms with Crippen molar-refractivity contribution in [3.05, 3.63) is 11.9 Å². The van der Waals surface area contributed by atoms with Gasteiger partial charge in [0.15, 0.2) is 0 Å². The fourth-order valence-corrected chi connectivity index (χ4v) is 1.94. The van der Waals surface area contributed by atoms with Crippen molar-refractivity contribution in [2.75, 3.05) is 37.5 Å². The molecule has 1 aromatic heterocycles. The van der Waals surface area contributed by atoms with Gasteiger partial charge in [-0.2, -0.15) is 0 Å². The smallest absolute Gasteiger partial charge is 0.133 e. The maximum absolute atomic E-state index is 9.08. The molecule has 0 aliphatic carbocycles. The maximum Gasteiger partial charge on any atom is 0.133 e. The summed E-state index contributed by atoms with van der Waals surface area (Å²) >= 11 is 0. The molecule has 0 saturated carbocycles. The molecule has 1 atom stereocenters. The van der Waals surface area contributed by atoms with Gasteiger partial charge in [0, 0.05) is 32.7 Å². The molecule has 6 heteroatoms. The van der Waals surface area contributed by atoms with Crippen molar-refractivity contribution in [3.8, 4) is 0 Å². The average Bonchev–Trinajstić information content (AvgIpc) is 2.40. The van der Waals surface area contributed by atoms with Crippen LogP contribution >= 0.6 is 0 Å². The van der Waals surface area contributed by atoms with Gasteiger partial charge in [0.25, 0.3) is 0 Å². The number of hydrogen-bond donors (Lipinski definition) is 3. The third kappa shape index (κ3) is 5.71. The highest BCUT2D eigenvalue weighted by atomic mass is 16.5. The first-order valence-corrected chi connectivity index (χ1v) is 7.21. The van der Waals surface area contributed by atoms with E-state index in [1.54, 1.807) is 7.11 Å². The summed E-state index contributed by atoms with van der Waals surface area (Å²) in [5, 5.41) is 15.6. The Hall–Kier alpha value is -1.40. The molecule has 114 valence electrons. The second-order valence-corrected chi connectivity index (χ2v) is 4.64. The number of anilines is 2. The van der Waals surface area contributed by atoms with Gasteiger partial charge < -0.3 is 20.5 Å². The Morgan fingerprint density at radius 2 is 2.05 bits per heavy atom. The fraction of sp³-hybridized carbons (Fsp3) is 0.714. The van der Waals surface area contributed by atoms with Crippen molar-refractivity contribution in [2.45, 2.75) is 39.2 Å². The molecule has 1 aromatic rings. The van der Waals surface area contributed by atoms with Gasteiger partial charge in [-0.05, 0) is 19.8 Å². The van der Waals surface area contributed by atoms with Gasteiger partial charge in [0.1, 0.15) is 17.5 Å². The number of rotatable bonds is 10. The SMILES string of the molecule is CCCc1nc(NCC)cc(NC(CCO)COC)n1. The van der Waals surface area contributed by atoms with E-state index in [1.165, 1.54) is 0 Å². The number of methoxy groups -OCH3 is 1. The molecule has 0 amide bonds. The summed E-state index contributed by atoms with van der Waals surface area (Å²) in [5.41, 5.74) is 0. The van der Waals surface area contributed by atoms with E-state index in [1.807, 2.05) is 13.0 Å². The van der Waals surface area contributed by atoms with Gasteiger partial charge in [-0.15, -0.1) is 0 Å². The van der Waals surface area contributed by atoms with Crippen molar-refractivity contribution < 1.29 is 9.84 Å². The minimum absolute atomic E-state index is 0.0452. The van der Waals surface area contributed by atoms with E-state index in [-0.39, 0.29) is 12.6 Å². The van der Waals surface area contributed by atoms with Crippen LogP contribution in [0.15, 0.2) is 6.07 Å². The van der Waals surface area contributed by atoms with Crippen LogP contribution in [0.4, 0.5) is 11.6 Å². The average molecular weight is 282 g/mol. The highest BCUT2D eigenvalue weighted by molar-refractivity contribution is 5.48. The van der Waals surface area contributed by atoms with Gasteiger partial charge in [0.05, 0.1) is 12.6 Å². The summed E-state index contributed by atoms with van der Waals surface area (Å²) in [4.78, 5) is 8.98. The molecule has 0 bridgehead atoms. The Bertz CT molecular complexity index is 357. The quantitative estimate of drug-likeness (QED) is 0.606. The van der Waals surface area contributed by atoms with E-state index in [4.69, 9.17) is 9.84 Å². The molecular weight excluding hydrogens is 256 g/mol. The van der Waals surface area contributed by atoms with Crippen LogP contribution in [0.2, 0.25) is 0 Å². The van der Waals surface area contributed by atoms with Crippen molar-refractivity contribution in [1.29, 1.82) is 0 Å². The molecule has 6 nitrogen and oxygen atoms in total. The van der Waals surface area contributed by atoms with Crippen LogP contribution in [0.5, 0.6) is 0 Å². The molecule has 0 aliphatic heterocycles. The van der Waals surface area contributed by atoms with Gasteiger partial charge in [-0.1, -0.05) is 6.92 Å². The Kier molecular flexibility index (Phi) is 7.91. The molecule has 0 aliphatic rings. The minimum Gasteiger partial charge on any atom is -0.396 e.